The summed E-state index contributed by atoms with van der Waals surface area (Å²) in [5, 5.41) is 2.74. The number of anilines is 2. The molecule has 178 valence electrons. The van der Waals surface area contributed by atoms with Crippen LogP contribution in [0, 0.1) is 11.8 Å². The molecule has 0 bridgehead atoms. The van der Waals surface area contributed by atoms with E-state index in [-0.39, 0.29) is 34.5 Å². The number of imide groups is 1. The fourth-order valence-electron chi connectivity index (χ4n) is 4.44. The molecule has 3 amide bonds. The summed E-state index contributed by atoms with van der Waals surface area (Å²) in [6.07, 6.45) is 5.02. The third-order valence-corrected chi connectivity index (χ3v) is 8.41. The SMILES string of the molecule is CCN(CC)S(=O)(=O)c1ccc(NC(=O)c2ccc(N3C(=O)C4CC=CCC4C3=O)cc2)cc1. The van der Waals surface area contributed by atoms with Crippen molar-refractivity contribution in [3.8, 4) is 0 Å². The van der Waals surface area contributed by atoms with E-state index in [1.165, 1.54) is 21.3 Å². The minimum Gasteiger partial charge on any atom is -0.322 e. The number of nitrogens with one attached hydrogen (secondary N) is 1. The van der Waals surface area contributed by atoms with Crippen LogP contribution in [0.2, 0.25) is 0 Å². The van der Waals surface area contributed by atoms with Crippen molar-refractivity contribution in [3.63, 3.8) is 0 Å². The van der Waals surface area contributed by atoms with E-state index in [4.69, 9.17) is 0 Å². The number of carbonyl (C=O) groups is 3. The zero-order chi connectivity index (χ0) is 24.5. The van der Waals surface area contributed by atoms with Gasteiger partial charge in [-0.15, -0.1) is 0 Å². The smallest absolute Gasteiger partial charge is 0.255 e. The molecule has 0 spiro atoms. The molecule has 1 saturated heterocycles. The summed E-state index contributed by atoms with van der Waals surface area (Å²) < 4.78 is 26.6. The van der Waals surface area contributed by atoms with Crippen LogP contribution in [0.25, 0.3) is 0 Å². The highest BCUT2D eigenvalue weighted by molar-refractivity contribution is 7.89. The van der Waals surface area contributed by atoms with Gasteiger partial charge in [-0.3, -0.25) is 19.3 Å². The molecule has 0 radical (unpaired) electrons. The van der Waals surface area contributed by atoms with Gasteiger partial charge in [0.25, 0.3) is 5.91 Å². The Balaban J connectivity index is 1.45. The van der Waals surface area contributed by atoms with Gasteiger partial charge in [0.15, 0.2) is 0 Å². The second-order valence-corrected chi connectivity index (χ2v) is 10.2. The zero-order valence-corrected chi connectivity index (χ0v) is 19.9. The van der Waals surface area contributed by atoms with E-state index in [0.717, 1.165) is 0 Å². The van der Waals surface area contributed by atoms with E-state index in [9.17, 15) is 22.8 Å². The van der Waals surface area contributed by atoms with E-state index < -0.39 is 10.0 Å². The van der Waals surface area contributed by atoms with Gasteiger partial charge in [0.1, 0.15) is 0 Å². The highest BCUT2D eigenvalue weighted by atomic mass is 32.2. The third-order valence-electron chi connectivity index (χ3n) is 6.35. The first-order valence-electron chi connectivity index (χ1n) is 11.3. The molecular weight excluding hydrogens is 454 g/mol. The lowest BCUT2D eigenvalue weighted by atomic mass is 9.85. The lowest BCUT2D eigenvalue weighted by Crippen LogP contribution is -2.30. The van der Waals surface area contributed by atoms with E-state index >= 15 is 0 Å². The first-order chi connectivity index (χ1) is 16.3. The molecule has 1 N–H and O–H groups in total. The lowest BCUT2D eigenvalue weighted by molar-refractivity contribution is -0.122. The van der Waals surface area contributed by atoms with Crippen molar-refractivity contribution in [2.75, 3.05) is 23.3 Å². The average Bonchev–Trinajstić information content (AvgIpc) is 3.10. The third kappa shape index (κ3) is 4.28. The molecular formula is C25H27N3O5S. The summed E-state index contributed by atoms with van der Waals surface area (Å²) in [6.45, 7) is 4.31. The number of amides is 3. The van der Waals surface area contributed by atoms with E-state index in [1.54, 1.807) is 50.2 Å². The molecule has 2 unspecified atom stereocenters. The Hall–Kier alpha value is -3.30. The fourth-order valence-corrected chi connectivity index (χ4v) is 5.90. The van der Waals surface area contributed by atoms with Crippen LogP contribution in [0.4, 0.5) is 11.4 Å². The number of allylic oxidation sites excluding steroid dienone is 2. The van der Waals surface area contributed by atoms with Crippen LogP contribution in [0.3, 0.4) is 0 Å². The highest BCUT2D eigenvalue weighted by Gasteiger charge is 2.47. The van der Waals surface area contributed by atoms with Gasteiger partial charge >= 0.3 is 0 Å². The topological polar surface area (TPSA) is 104 Å². The Morgan fingerprint density at radius 3 is 1.94 bits per heavy atom. The molecule has 4 rings (SSSR count). The number of carbonyl (C=O) groups excluding carboxylic acids is 3. The summed E-state index contributed by atoms with van der Waals surface area (Å²) in [5.74, 6) is -1.40. The second kappa shape index (κ2) is 9.52. The first kappa shape index (κ1) is 23.8. The van der Waals surface area contributed by atoms with Crippen LogP contribution in [0.5, 0.6) is 0 Å². The van der Waals surface area contributed by atoms with Gasteiger partial charge in [0.2, 0.25) is 21.8 Å². The molecule has 1 aliphatic heterocycles. The second-order valence-electron chi connectivity index (χ2n) is 8.28. The Labute approximate surface area is 199 Å². The van der Waals surface area contributed by atoms with Gasteiger partial charge < -0.3 is 5.32 Å². The van der Waals surface area contributed by atoms with Crippen LogP contribution in [-0.4, -0.2) is 43.5 Å². The molecule has 2 aromatic rings. The van der Waals surface area contributed by atoms with E-state index in [2.05, 4.69) is 5.32 Å². The van der Waals surface area contributed by atoms with E-state index in [0.29, 0.717) is 42.9 Å². The number of hydrogen-bond donors (Lipinski definition) is 1. The monoisotopic (exact) mass is 481 g/mol. The number of benzene rings is 2. The lowest BCUT2D eigenvalue weighted by Gasteiger charge is -2.18. The largest absolute Gasteiger partial charge is 0.322 e. The van der Waals surface area contributed by atoms with Crippen molar-refractivity contribution in [1.29, 1.82) is 0 Å². The molecule has 1 heterocycles. The van der Waals surface area contributed by atoms with Gasteiger partial charge in [-0.05, 0) is 61.4 Å². The number of fused-ring (bicyclic) bond motifs is 1. The normalized spacial score (nSPS) is 20.0. The molecule has 2 atom stereocenters. The number of rotatable bonds is 7. The van der Waals surface area contributed by atoms with Crippen LogP contribution in [0.1, 0.15) is 37.0 Å². The van der Waals surface area contributed by atoms with Gasteiger partial charge in [0.05, 0.1) is 22.4 Å². The van der Waals surface area contributed by atoms with Gasteiger partial charge in [0, 0.05) is 24.3 Å². The quantitative estimate of drug-likeness (QED) is 0.482. The molecule has 34 heavy (non-hydrogen) atoms. The number of nitrogens with zero attached hydrogens (tertiary/aromatic N) is 2. The molecule has 8 nitrogen and oxygen atoms in total. The molecule has 2 aliphatic rings. The minimum atomic E-state index is -3.57. The van der Waals surface area contributed by atoms with Crippen molar-refractivity contribution >= 4 is 39.1 Å². The predicted octanol–water partition coefficient (Wildman–Crippen LogP) is 3.43. The average molecular weight is 482 g/mol. The highest BCUT2D eigenvalue weighted by Crippen LogP contribution is 2.37. The van der Waals surface area contributed by atoms with Gasteiger partial charge in [-0.2, -0.15) is 4.31 Å². The standard InChI is InChI=1S/C25H27N3O5S/c1-3-27(4-2)34(32,33)20-15-11-18(12-16-20)26-23(29)17-9-13-19(14-10-17)28-24(30)21-7-5-6-8-22(21)25(28)31/h5-6,9-16,21-22H,3-4,7-8H2,1-2H3,(H,26,29). The van der Waals surface area contributed by atoms with E-state index in [1.807, 2.05) is 12.2 Å². The zero-order valence-electron chi connectivity index (χ0n) is 19.1. The van der Waals surface area contributed by atoms with Gasteiger partial charge in [-0.1, -0.05) is 26.0 Å². The minimum absolute atomic E-state index is 0.161. The summed E-state index contributed by atoms with van der Waals surface area (Å²) in [6, 6.07) is 12.3. The summed E-state index contributed by atoms with van der Waals surface area (Å²) in [7, 11) is -3.57. The Bertz CT molecular complexity index is 1210. The van der Waals surface area contributed by atoms with Crippen molar-refractivity contribution in [2.24, 2.45) is 11.8 Å². The van der Waals surface area contributed by atoms with Crippen molar-refractivity contribution < 1.29 is 22.8 Å². The van der Waals surface area contributed by atoms with Crippen LogP contribution < -0.4 is 10.2 Å². The van der Waals surface area contributed by atoms with Crippen molar-refractivity contribution in [2.45, 2.75) is 31.6 Å². The Morgan fingerprint density at radius 2 is 1.44 bits per heavy atom. The first-order valence-corrected chi connectivity index (χ1v) is 12.8. The Morgan fingerprint density at radius 1 is 0.912 bits per heavy atom. The van der Waals surface area contributed by atoms with Crippen LogP contribution >= 0.6 is 0 Å². The molecule has 1 aliphatic carbocycles. The molecule has 1 fully saturated rings. The maximum Gasteiger partial charge on any atom is 0.255 e. The number of sulfonamides is 1. The molecule has 0 saturated carbocycles. The maximum absolute atomic E-state index is 12.7. The summed E-state index contributed by atoms with van der Waals surface area (Å²) in [4.78, 5) is 39.5. The summed E-state index contributed by atoms with van der Waals surface area (Å²) >= 11 is 0. The Kier molecular flexibility index (Phi) is 6.67. The molecule has 2 aromatic carbocycles. The number of hydrogen-bond acceptors (Lipinski definition) is 5. The van der Waals surface area contributed by atoms with Crippen molar-refractivity contribution in [3.05, 3.63) is 66.2 Å². The fraction of sp³-hybridized carbons (Fsp3) is 0.320. The van der Waals surface area contributed by atoms with Gasteiger partial charge in [-0.25, -0.2) is 8.42 Å². The van der Waals surface area contributed by atoms with Crippen LogP contribution in [0.15, 0.2) is 65.6 Å². The molecule has 0 aromatic heterocycles. The van der Waals surface area contributed by atoms with Crippen LogP contribution in [-0.2, 0) is 19.6 Å². The molecule has 9 heteroatoms. The summed E-state index contributed by atoms with van der Waals surface area (Å²) in [5.41, 5.74) is 1.25. The predicted molar refractivity (Wildman–Crippen MR) is 129 cm³/mol. The van der Waals surface area contributed by atoms with Crippen molar-refractivity contribution in [1.82, 2.24) is 4.31 Å². The maximum atomic E-state index is 12.7.